The Morgan fingerprint density at radius 2 is 1.19 bits per heavy atom. The van der Waals surface area contributed by atoms with Crippen LogP contribution in [0, 0.1) is 5.41 Å². The summed E-state index contributed by atoms with van der Waals surface area (Å²) < 4.78 is 19.7. The predicted octanol–water partition coefficient (Wildman–Crippen LogP) is 3.23. The first kappa shape index (κ1) is 35.5. The molecule has 0 fully saturated rings. The van der Waals surface area contributed by atoms with E-state index in [-0.39, 0.29) is 36.7 Å². The van der Waals surface area contributed by atoms with Gasteiger partial charge < -0.3 is 34.9 Å². The summed E-state index contributed by atoms with van der Waals surface area (Å²) in [5, 5.41) is 10.1. The highest BCUT2D eigenvalue weighted by atomic mass is 35.5. The zero-order chi connectivity index (χ0) is 22.9. The van der Waals surface area contributed by atoms with E-state index in [0.29, 0.717) is 13.1 Å². The van der Waals surface area contributed by atoms with Gasteiger partial charge in [-0.25, -0.2) is 0 Å². The summed E-state index contributed by atoms with van der Waals surface area (Å²) >= 11 is 0. The molecule has 0 radical (unpaired) electrons. The van der Waals surface area contributed by atoms with E-state index >= 15 is 0 Å². The number of nitrogens with two attached hydrogens (primary N) is 3. The molecule has 0 unspecified atom stereocenters. The molecule has 15 heteroatoms. The van der Waals surface area contributed by atoms with Gasteiger partial charge in [0.2, 0.25) is 0 Å². The van der Waals surface area contributed by atoms with Gasteiger partial charge in [0.05, 0.1) is 0 Å². The smallest absolute Gasteiger partial charge is 0.312 e. The van der Waals surface area contributed by atoms with Crippen molar-refractivity contribution in [1.29, 1.82) is 5.41 Å². The molecule has 0 amide bonds. The maximum absolute atomic E-state index is 7.22. The van der Waals surface area contributed by atoms with Crippen LogP contribution in [0.1, 0.15) is 12.8 Å². The third-order valence-corrected chi connectivity index (χ3v) is 19.4. The van der Waals surface area contributed by atoms with E-state index in [4.69, 9.17) is 35.0 Å². The van der Waals surface area contributed by atoms with E-state index in [1.54, 1.807) is 0 Å². The molecule has 8 N–H and O–H groups in total. The Balaban J connectivity index is -0.00000392. The number of hydrogen-bond donors (Lipinski definition) is 5. The van der Waals surface area contributed by atoms with Crippen LogP contribution in [0.15, 0.2) is 4.99 Å². The summed E-state index contributed by atoms with van der Waals surface area (Å²) in [7, 11) is -8.42. The highest BCUT2D eigenvalue weighted by molar-refractivity contribution is 6.89. The third kappa shape index (κ3) is 20.2. The van der Waals surface area contributed by atoms with Crippen LogP contribution >= 0.6 is 24.8 Å². The predicted molar refractivity (Wildman–Crippen MR) is 147 cm³/mol. The molecule has 0 atom stereocenters. The van der Waals surface area contributed by atoms with Crippen molar-refractivity contribution in [2.24, 2.45) is 22.2 Å². The van der Waals surface area contributed by atoms with Crippen molar-refractivity contribution in [3.8, 4) is 0 Å². The Morgan fingerprint density at radius 1 is 0.774 bits per heavy atom. The molecule has 0 heterocycles. The van der Waals surface area contributed by atoms with Crippen LogP contribution in [-0.2, 0) is 12.3 Å². The summed E-state index contributed by atoms with van der Waals surface area (Å²) in [4.78, 5) is 4.05. The molecule has 0 rings (SSSR count). The number of guanidine groups is 2. The standard InChI is InChI=1S/C16H44N6O3Si4.2ClH/c1-26(2,13-9-11-21-15(17)18)23-28(5,6)25-29(7,8)24-27(3,4)14-10-12-22-16(19)20;;/h9-14H2,1-8H3,(H4,17,18,21)(H4,19,20,22);2*1H. The molecular formula is C16H46Cl2N6O3Si4. The number of rotatable bonds is 14. The minimum atomic E-state index is -2.33. The normalized spacial score (nSPS) is 12.4. The molecule has 0 spiro atoms. The van der Waals surface area contributed by atoms with Crippen LogP contribution in [0.2, 0.25) is 64.5 Å². The van der Waals surface area contributed by atoms with Gasteiger partial charge in [0.1, 0.15) is 0 Å². The van der Waals surface area contributed by atoms with Crippen LogP contribution in [0.25, 0.3) is 0 Å². The molecule has 31 heavy (non-hydrogen) atoms. The molecule has 0 aliphatic carbocycles. The second-order valence-electron chi connectivity index (χ2n) is 9.48. The Hall–Kier alpha value is -0.132. The summed E-state index contributed by atoms with van der Waals surface area (Å²) in [5.41, 5.74) is 16.1. The van der Waals surface area contributed by atoms with E-state index in [0.717, 1.165) is 24.9 Å². The van der Waals surface area contributed by atoms with E-state index in [2.05, 4.69) is 62.7 Å². The topological polar surface area (TPSA) is 154 Å². The second kappa shape index (κ2) is 14.9. The Labute approximate surface area is 205 Å². The minimum Gasteiger partial charge on any atom is -0.436 e. The molecule has 9 nitrogen and oxygen atoms in total. The minimum absolute atomic E-state index is 0. The SMILES string of the molecule is C[Si](C)(CCCN=C(N)N)O[Si](C)(C)O[Si](C)(C)O[Si](C)(C)CCCNC(=N)N.Cl.Cl. The molecule has 0 aliphatic heterocycles. The van der Waals surface area contributed by atoms with Crippen LogP contribution in [0.3, 0.4) is 0 Å². The lowest BCUT2D eigenvalue weighted by Gasteiger charge is -2.41. The van der Waals surface area contributed by atoms with Gasteiger partial charge in [0.15, 0.2) is 28.6 Å². The van der Waals surface area contributed by atoms with Crippen LogP contribution < -0.4 is 22.5 Å². The molecule has 0 bridgehead atoms. The molecule has 0 aliphatic rings. The van der Waals surface area contributed by atoms with Gasteiger partial charge in [0.25, 0.3) is 0 Å². The summed E-state index contributed by atoms with van der Waals surface area (Å²) in [6, 6.07) is 1.97. The van der Waals surface area contributed by atoms with Crippen molar-refractivity contribution in [3.63, 3.8) is 0 Å². The molecule has 0 saturated carbocycles. The van der Waals surface area contributed by atoms with Crippen LogP contribution in [-0.4, -0.2) is 58.8 Å². The van der Waals surface area contributed by atoms with Crippen molar-refractivity contribution >= 4 is 70.5 Å². The highest BCUT2D eigenvalue weighted by Crippen LogP contribution is 2.27. The maximum atomic E-state index is 7.22. The lowest BCUT2D eigenvalue weighted by atomic mass is 10.5. The van der Waals surface area contributed by atoms with Crippen LogP contribution in [0.5, 0.6) is 0 Å². The summed E-state index contributed by atoms with van der Waals surface area (Å²) in [6.07, 6.45) is 1.84. The van der Waals surface area contributed by atoms with Gasteiger partial charge in [-0.2, -0.15) is 0 Å². The Morgan fingerprint density at radius 3 is 1.58 bits per heavy atom. The van der Waals surface area contributed by atoms with E-state index < -0.39 is 33.8 Å². The van der Waals surface area contributed by atoms with Crippen molar-refractivity contribution in [2.75, 3.05) is 13.1 Å². The van der Waals surface area contributed by atoms with Gasteiger partial charge in [-0.3, -0.25) is 10.4 Å². The maximum Gasteiger partial charge on any atom is 0.312 e. The largest absolute Gasteiger partial charge is 0.436 e. The molecular weight excluding hydrogens is 507 g/mol. The average molecular weight is 554 g/mol. The molecule has 0 aromatic rings. The number of hydrogen-bond acceptors (Lipinski definition) is 5. The van der Waals surface area contributed by atoms with Crippen molar-refractivity contribution in [3.05, 3.63) is 0 Å². The fourth-order valence-corrected chi connectivity index (χ4v) is 22.8. The number of nitrogens with zero attached hydrogens (tertiary/aromatic N) is 1. The van der Waals surface area contributed by atoms with E-state index in [9.17, 15) is 0 Å². The third-order valence-electron chi connectivity index (χ3n) is 4.04. The molecule has 188 valence electrons. The highest BCUT2D eigenvalue weighted by Gasteiger charge is 2.43. The van der Waals surface area contributed by atoms with E-state index in [1.807, 2.05) is 0 Å². The zero-order valence-electron chi connectivity index (χ0n) is 20.5. The first-order valence-corrected chi connectivity index (χ1v) is 22.1. The number of nitrogens with one attached hydrogen (secondary N) is 2. The van der Waals surface area contributed by atoms with Crippen molar-refractivity contribution in [1.82, 2.24) is 5.32 Å². The molecule has 0 saturated heterocycles. The fourth-order valence-electron chi connectivity index (χ4n) is 3.52. The Bertz CT molecular complexity index is 565. The monoisotopic (exact) mass is 552 g/mol. The average Bonchev–Trinajstić information content (AvgIpc) is 2.44. The van der Waals surface area contributed by atoms with Gasteiger partial charge in [0, 0.05) is 13.1 Å². The zero-order valence-corrected chi connectivity index (χ0v) is 26.1. The van der Waals surface area contributed by atoms with Gasteiger partial charge in [-0.05, 0) is 77.3 Å². The molecule has 0 aromatic heterocycles. The summed E-state index contributed by atoms with van der Waals surface area (Å²) in [5.74, 6) is 0.149. The van der Waals surface area contributed by atoms with Gasteiger partial charge in [-0.15, -0.1) is 24.8 Å². The molecule has 0 aromatic carbocycles. The van der Waals surface area contributed by atoms with Gasteiger partial charge in [-0.1, -0.05) is 0 Å². The lowest BCUT2D eigenvalue weighted by molar-refractivity contribution is 0.327. The number of aliphatic imine (C=N–C) groups is 1. The second-order valence-corrected chi connectivity index (χ2v) is 25.6. The lowest BCUT2D eigenvalue weighted by Crippen LogP contribution is -2.56. The van der Waals surface area contributed by atoms with Gasteiger partial charge >= 0.3 is 17.1 Å². The van der Waals surface area contributed by atoms with Crippen LogP contribution in [0.4, 0.5) is 0 Å². The fraction of sp³-hybridized carbons (Fsp3) is 0.875. The quantitative estimate of drug-likeness (QED) is 0.0957. The first-order valence-electron chi connectivity index (χ1n) is 10.2. The van der Waals surface area contributed by atoms with Crippen molar-refractivity contribution in [2.45, 2.75) is 77.3 Å². The Kier molecular flexibility index (Phi) is 17.0. The van der Waals surface area contributed by atoms with Crippen molar-refractivity contribution < 1.29 is 12.3 Å². The first-order chi connectivity index (χ1) is 13.0. The number of halogens is 2. The summed E-state index contributed by atoms with van der Waals surface area (Å²) in [6.45, 7) is 18.7. The van der Waals surface area contributed by atoms with E-state index in [1.165, 1.54) is 0 Å².